The minimum atomic E-state index is -4.32. The fourth-order valence-electron chi connectivity index (χ4n) is 5.12. The molecule has 160 valence electrons. The molecule has 2 nitrogen and oxygen atoms in total. The summed E-state index contributed by atoms with van der Waals surface area (Å²) in [4.78, 5) is 4.44. The first-order valence-corrected chi connectivity index (χ1v) is 10.7. The molecule has 1 heterocycles. The van der Waals surface area contributed by atoms with Gasteiger partial charge in [-0.1, -0.05) is 72.8 Å². The van der Waals surface area contributed by atoms with Gasteiger partial charge in [0.05, 0.1) is 5.56 Å². The minimum absolute atomic E-state index is 0.318. The third-order valence-electron chi connectivity index (χ3n) is 6.58. The number of hydrogen-bond acceptors (Lipinski definition) is 2. The standard InChI is InChI=1S/C26H25F3N2/c27-26(28,29)23-13-7-8-14-24(23)30-17-21-22(18-30)25(21)31(15-19-9-3-1-4-10-19)16-20-11-5-2-6-12-20/h1-14,21-22,25H,15-18H2. The number of piperidine rings is 1. The number of nitrogens with zero attached hydrogens (tertiary/aromatic N) is 2. The SMILES string of the molecule is FC(F)(F)c1ccccc1N1CC2C(C1)C2N(Cc1ccccc1)Cc1ccccc1. The molecule has 1 aliphatic heterocycles. The van der Waals surface area contributed by atoms with Crippen LogP contribution in [0.1, 0.15) is 16.7 Å². The molecule has 5 heteroatoms. The third kappa shape index (κ3) is 4.19. The van der Waals surface area contributed by atoms with Gasteiger partial charge in [0, 0.05) is 37.9 Å². The summed E-state index contributed by atoms with van der Waals surface area (Å²) in [5.41, 5.74) is 2.32. The molecule has 3 aromatic rings. The lowest BCUT2D eigenvalue weighted by Gasteiger charge is -2.30. The predicted octanol–water partition coefficient (Wildman–Crippen LogP) is 5.84. The van der Waals surface area contributed by atoms with E-state index in [-0.39, 0.29) is 0 Å². The Morgan fingerprint density at radius 3 is 1.71 bits per heavy atom. The second-order valence-corrected chi connectivity index (χ2v) is 8.61. The summed E-state index contributed by atoms with van der Waals surface area (Å²) in [6, 6.07) is 27.2. The van der Waals surface area contributed by atoms with Crippen LogP contribution < -0.4 is 4.90 Å². The van der Waals surface area contributed by atoms with E-state index in [4.69, 9.17) is 0 Å². The summed E-state index contributed by atoms with van der Waals surface area (Å²) in [5.74, 6) is 0.822. The van der Waals surface area contributed by atoms with E-state index < -0.39 is 11.7 Å². The first kappa shape index (κ1) is 20.1. The van der Waals surface area contributed by atoms with Crippen molar-refractivity contribution in [3.8, 4) is 0 Å². The molecule has 1 aliphatic carbocycles. The molecular formula is C26H25F3N2. The van der Waals surface area contributed by atoms with E-state index in [1.807, 2.05) is 17.0 Å². The zero-order valence-electron chi connectivity index (χ0n) is 17.2. The Bertz CT molecular complexity index is 966. The van der Waals surface area contributed by atoms with Crippen LogP contribution in [0.3, 0.4) is 0 Å². The van der Waals surface area contributed by atoms with E-state index in [2.05, 4.69) is 53.4 Å². The van der Waals surface area contributed by atoms with Crippen molar-refractivity contribution in [2.24, 2.45) is 11.8 Å². The minimum Gasteiger partial charge on any atom is -0.370 e. The van der Waals surface area contributed by atoms with Gasteiger partial charge >= 0.3 is 6.18 Å². The average Bonchev–Trinajstić information content (AvgIpc) is 3.27. The highest BCUT2D eigenvalue weighted by Crippen LogP contribution is 2.52. The number of halogens is 3. The monoisotopic (exact) mass is 422 g/mol. The summed E-state index contributed by atoms with van der Waals surface area (Å²) in [6.07, 6.45) is -4.32. The third-order valence-corrected chi connectivity index (χ3v) is 6.58. The molecule has 0 N–H and O–H groups in total. The van der Waals surface area contributed by atoms with Gasteiger partial charge in [-0.05, 0) is 35.1 Å². The molecule has 0 bridgehead atoms. The van der Waals surface area contributed by atoms with Gasteiger partial charge in [-0.25, -0.2) is 0 Å². The first-order chi connectivity index (χ1) is 15.0. The number of alkyl halides is 3. The molecule has 0 radical (unpaired) electrons. The average molecular weight is 422 g/mol. The van der Waals surface area contributed by atoms with Gasteiger partial charge in [0.2, 0.25) is 0 Å². The number of benzene rings is 3. The number of hydrogen-bond donors (Lipinski definition) is 0. The quantitative estimate of drug-likeness (QED) is 0.492. The zero-order valence-corrected chi connectivity index (χ0v) is 17.2. The second-order valence-electron chi connectivity index (χ2n) is 8.61. The molecule has 31 heavy (non-hydrogen) atoms. The molecule has 2 fully saturated rings. The molecule has 0 aromatic heterocycles. The van der Waals surface area contributed by atoms with Crippen molar-refractivity contribution >= 4 is 5.69 Å². The summed E-state index contributed by atoms with van der Waals surface area (Å²) in [7, 11) is 0. The van der Waals surface area contributed by atoms with Gasteiger partial charge < -0.3 is 4.90 Å². The van der Waals surface area contributed by atoms with Gasteiger partial charge in [0.1, 0.15) is 0 Å². The number of rotatable bonds is 6. The van der Waals surface area contributed by atoms with Crippen molar-refractivity contribution in [2.45, 2.75) is 25.3 Å². The highest BCUT2D eigenvalue weighted by molar-refractivity contribution is 5.57. The van der Waals surface area contributed by atoms with Gasteiger partial charge in [0.25, 0.3) is 0 Å². The summed E-state index contributed by atoms with van der Waals surface area (Å²) in [5, 5.41) is 0. The highest BCUT2D eigenvalue weighted by atomic mass is 19.4. The maximum atomic E-state index is 13.5. The zero-order chi connectivity index (χ0) is 21.4. The molecule has 0 spiro atoms. The van der Waals surface area contributed by atoms with Crippen molar-refractivity contribution in [2.75, 3.05) is 18.0 Å². The Balaban J connectivity index is 1.33. The summed E-state index contributed by atoms with van der Waals surface area (Å²) in [6.45, 7) is 3.07. The van der Waals surface area contributed by atoms with Crippen LogP contribution in [-0.2, 0) is 19.3 Å². The number of anilines is 1. The van der Waals surface area contributed by atoms with Crippen molar-refractivity contribution in [1.82, 2.24) is 4.90 Å². The molecule has 1 saturated carbocycles. The van der Waals surface area contributed by atoms with Gasteiger partial charge in [0.15, 0.2) is 0 Å². The van der Waals surface area contributed by atoms with E-state index in [1.165, 1.54) is 23.3 Å². The van der Waals surface area contributed by atoms with Crippen LogP contribution >= 0.6 is 0 Å². The maximum Gasteiger partial charge on any atom is 0.418 e. The fourth-order valence-corrected chi connectivity index (χ4v) is 5.12. The summed E-state index contributed by atoms with van der Waals surface area (Å²) >= 11 is 0. The predicted molar refractivity (Wildman–Crippen MR) is 117 cm³/mol. The van der Waals surface area contributed by atoms with Crippen molar-refractivity contribution in [3.63, 3.8) is 0 Å². The normalized spacial score (nSPS) is 22.6. The van der Waals surface area contributed by atoms with Crippen LogP contribution in [0.15, 0.2) is 84.9 Å². The maximum absolute atomic E-state index is 13.5. The van der Waals surface area contributed by atoms with E-state index in [1.54, 1.807) is 12.1 Å². The molecule has 2 aliphatic rings. The van der Waals surface area contributed by atoms with E-state index in [9.17, 15) is 13.2 Å². The largest absolute Gasteiger partial charge is 0.418 e. The second kappa shape index (κ2) is 8.04. The smallest absolute Gasteiger partial charge is 0.370 e. The fraction of sp³-hybridized carbons (Fsp3) is 0.308. The van der Waals surface area contributed by atoms with Crippen LogP contribution in [-0.4, -0.2) is 24.0 Å². The molecule has 2 unspecified atom stereocenters. The van der Waals surface area contributed by atoms with Crippen LogP contribution in [0.4, 0.5) is 18.9 Å². The van der Waals surface area contributed by atoms with Crippen molar-refractivity contribution in [1.29, 1.82) is 0 Å². The molecule has 2 atom stereocenters. The molecule has 1 saturated heterocycles. The van der Waals surface area contributed by atoms with Crippen LogP contribution in [0.2, 0.25) is 0 Å². The topological polar surface area (TPSA) is 6.48 Å². The highest BCUT2D eigenvalue weighted by Gasteiger charge is 2.58. The van der Waals surface area contributed by atoms with Crippen molar-refractivity contribution < 1.29 is 13.2 Å². The Labute approximate surface area is 180 Å². The van der Waals surface area contributed by atoms with E-state index in [0.717, 1.165) is 13.1 Å². The Morgan fingerprint density at radius 1 is 0.710 bits per heavy atom. The summed E-state index contributed by atoms with van der Waals surface area (Å²) < 4.78 is 40.4. The number of fused-ring (bicyclic) bond motifs is 1. The Kier molecular flexibility index (Phi) is 5.22. The van der Waals surface area contributed by atoms with Crippen LogP contribution in [0, 0.1) is 11.8 Å². The van der Waals surface area contributed by atoms with Gasteiger partial charge in [-0.2, -0.15) is 13.2 Å². The van der Waals surface area contributed by atoms with Gasteiger partial charge in [-0.15, -0.1) is 0 Å². The molecule has 0 amide bonds. The molecule has 3 aromatic carbocycles. The van der Waals surface area contributed by atoms with Crippen LogP contribution in [0.5, 0.6) is 0 Å². The van der Waals surface area contributed by atoms with Crippen LogP contribution in [0.25, 0.3) is 0 Å². The Morgan fingerprint density at radius 2 is 1.19 bits per heavy atom. The Hall–Kier alpha value is -2.79. The first-order valence-electron chi connectivity index (χ1n) is 10.7. The van der Waals surface area contributed by atoms with E-state index in [0.29, 0.717) is 36.7 Å². The lowest BCUT2D eigenvalue weighted by Crippen LogP contribution is -2.35. The van der Waals surface area contributed by atoms with Crippen molar-refractivity contribution in [3.05, 3.63) is 102 Å². The van der Waals surface area contributed by atoms with E-state index >= 15 is 0 Å². The lowest BCUT2D eigenvalue weighted by atomic mass is 10.1. The number of para-hydroxylation sites is 1. The van der Waals surface area contributed by atoms with Gasteiger partial charge in [-0.3, -0.25) is 4.90 Å². The molecule has 5 rings (SSSR count). The molecular weight excluding hydrogens is 397 g/mol. The lowest BCUT2D eigenvalue weighted by molar-refractivity contribution is -0.137.